The van der Waals surface area contributed by atoms with Gasteiger partial charge in [-0.15, -0.1) is 0 Å². The molecule has 2 aliphatic heterocycles. The highest BCUT2D eigenvalue weighted by Crippen LogP contribution is 2.22. The maximum Gasteiger partial charge on any atom is 0.254 e. The lowest BCUT2D eigenvalue weighted by atomic mass is 9.93. The molecule has 5 nitrogen and oxygen atoms in total. The summed E-state index contributed by atoms with van der Waals surface area (Å²) in [6.07, 6.45) is 0.815. The third-order valence-corrected chi connectivity index (χ3v) is 3.24. The number of piperidine rings is 1. The molecule has 0 bridgehead atoms. The Kier molecular flexibility index (Phi) is 3.47. The number of hydrogen-bond donors (Lipinski definition) is 1. The SMILES string of the molecule is CC1(O)CCN(C(=O)C2COCCO2)CC1. The third-order valence-electron chi connectivity index (χ3n) is 3.24. The standard InChI is InChI=1S/C11H19NO4/c1-11(14)2-4-12(5-3-11)10(13)9-8-15-6-7-16-9/h9,14H,2-8H2,1H3. The van der Waals surface area contributed by atoms with Crippen molar-refractivity contribution in [2.75, 3.05) is 32.9 Å². The normalized spacial score (nSPS) is 30.1. The van der Waals surface area contributed by atoms with Gasteiger partial charge in [-0.25, -0.2) is 0 Å². The Balaban J connectivity index is 1.86. The van der Waals surface area contributed by atoms with E-state index in [0.717, 1.165) is 0 Å². The van der Waals surface area contributed by atoms with Crippen molar-refractivity contribution in [3.8, 4) is 0 Å². The van der Waals surface area contributed by atoms with Crippen LogP contribution in [-0.4, -0.2) is 60.5 Å². The summed E-state index contributed by atoms with van der Waals surface area (Å²) in [5.74, 6) is -0.00444. The zero-order valence-electron chi connectivity index (χ0n) is 9.65. The molecule has 1 amide bonds. The molecule has 2 aliphatic rings. The topological polar surface area (TPSA) is 59.0 Å². The van der Waals surface area contributed by atoms with Crippen LogP contribution >= 0.6 is 0 Å². The molecule has 0 saturated carbocycles. The van der Waals surface area contributed by atoms with E-state index in [1.165, 1.54) is 0 Å². The number of amides is 1. The Morgan fingerprint density at radius 2 is 2.06 bits per heavy atom. The van der Waals surface area contributed by atoms with Gasteiger partial charge in [-0.05, 0) is 19.8 Å². The second kappa shape index (κ2) is 4.69. The first kappa shape index (κ1) is 11.8. The molecule has 0 spiro atoms. The van der Waals surface area contributed by atoms with Crippen molar-refractivity contribution < 1.29 is 19.4 Å². The van der Waals surface area contributed by atoms with Crippen LogP contribution in [-0.2, 0) is 14.3 Å². The van der Waals surface area contributed by atoms with Crippen LogP contribution in [0.4, 0.5) is 0 Å². The highest BCUT2D eigenvalue weighted by Gasteiger charge is 2.33. The van der Waals surface area contributed by atoms with Gasteiger partial charge in [0.1, 0.15) is 0 Å². The number of carbonyl (C=O) groups excluding carboxylic acids is 1. The second-order valence-electron chi connectivity index (χ2n) is 4.76. The zero-order valence-corrected chi connectivity index (χ0v) is 9.65. The maximum atomic E-state index is 12.0. The van der Waals surface area contributed by atoms with E-state index in [1.807, 2.05) is 6.92 Å². The molecule has 0 aromatic rings. The molecular formula is C11H19NO4. The zero-order chi connectivity index (χ0) is 11.6. The molecule has 0 aromatic heterocycles. The Morgan fingerprint density at radius 1 is 1.38 bits per heavy atom. The average molecular weight is 229 g/mol. The molecule has 1 N–H and O–H groups in total. The summed E-state index contributed by atoms with van der Waals surface area (Å²) in [6, 6.07) is 0. The fourth-order valence-corrected chi connectivity index (χ4v) is 2.04. The van der Waals surface area contributed by atoms with Crippen LogP contribution in [0, 0.1) is 0 Å². The first-order valence-corrected chi connectivity index (χ1v) is 5.79. The molecular weight excluding hydrogens is 210 g/mol. The van der Waals surface area contributed by atoms with Gasteiger partial charge in [0, 0.05) is 13.1 Å². The van der Waals surface area contributed by atoms with Gasteiger partial charge < -0.3 is 19.5 Å². The number of likely N-dealkylation sites (tertiary alicyclic amines) is 1. The van der Waals surface area contributed by atoms with Gasteiger partial charge in [-0.1, -0.05) is 0 Å². The molecule has 2 heterocycles. The van der Waals surface area contributed by atoms with Gasteiger partial charge in [-0.2, -0.15) is 0 Å². The lowest BCUT2D eigenvalue weighted by Crippen LogP contribution is -2.51. The highest BCUT2D eigenvalue weighted by atomic mass is 16.6. The van der Waals surface area contributed by atoms with Crippen LogP contribution in [0.2, 0.25) is 0 Å². The van der Waals surface area contributed by atoms with Crippen LogP contribution in [0.25, 0.3) is 0 Å². The second-order valence-corrected chi connectivity index (χ2v) is 4.76. The summed E-state index contributed by atoms with van der Waals surface area (Å²) in [6.45, 7) is 4.43. The smallest absolute Gasteiger partial charge is 0.254 e. The summed E-state index contributed by atoms with van der Waals surface area (Å²) in [4.78, 5) is 13.8. The van der Waals surface area contributed by atoms with E-state index in [2.05, 4.69) is 0 Å². The van der Waals surface area contributed by atoms with Crippen molar-refractivity contribution in [2.24, 2.45) is 0 Å². The molecule has 16 heavy (non-hydrogen) atoms. The van der Waals surface area contributed by atoms with Crippen LogP contribution in [0.5, 0.6) is 0 Å². The maximum absolute atomic E-state index is 12.0. The predicted molar refractivity (Wildman–Crippen MR) is 57.0 cm³/mol. The van der Waals surface area contributed by atoms with Gasteiger partial charge in [0.05, 0.1) is 25.4 Å². The van der Waals surface area contributed by atoms with Crippen molar-refractivity contribution in [2.45, 2.75) is 31.5 Å². The first-order chi connectivity index (χ1) is 7.58. The minimum atomic E-state index is -0.624. The van der Waals surface area contributed by atoms with Crippen LogP contribution in [0.3, 0.4) is 0 Å². The van der Waals surface area contributed by atoms with Gasteiger partial charge in [0.25, 0.3) is 5.91 Å². The number of nitrogens with zero attached hydrogens (tertiary/aromatic N) is 1. The fourth-order valence-electron chi connectivity index (χ4n) is 2.04. The van der Waals surface area contributed by atoms with Gasteiger partial charge in [-0.3, -0.25) is 4.79 Å². The molecule has 1 unspecified atom stereocenters. The Hall–Kier alpha value is -0.650. The van der Waals surface area contributed by atoms with E-state index in [4.69, 9.17) is 9.47 Å². The van der Waals surface area contributed by atoms with Crippen molar-refractivity contribution >= 4 is 5.91 Å². The van der Waals surface area contributed by atoms with Crippen LogP contribution in [0.1, 0.15) is 19.8 Å². The van der Waals surface area contributed by atoms with E-state index in [1.54, 1.807) is 4.90 Å². The van der Waals surface area contributed by atoms with E-state index in [-0.39, 0.29) is 5.91 Å². The molecule has 0 aliphatic carbocycles. The van der Waals surface area contributed by atoms with E-state index in [0.29, 0.717) is 45.8 Å². The lowest BCUT2D eigenvalue weighted by molar-refractivity contribution is -0.161. The van der Waals surface area contributed by atoms with Crippen LogP contribution < -0.4 is 0 Å². The molecule has 0 radical (unpaired) electrons. The Labute approximate surface area is 95.3 Å². The number of hydrogen-bond acceptors (Lipinski definition) is 4. The molecule has 5 heteroatoms. The molecule has 0 aromatic carbocycles. The van der Waals surface area contributed by atoms with E-state index >= 15 is 0 Å². The summed E-state index contributed by atoms with van der Waals surface area (Å²) in [5.41, 5.74) is -0.624. The van der Waals surface area contributed by atoms with Crippen molar-refractivity contribution in [3.05, 3.63) is 0 Å². The molecule has 2 fully saturated rings. The van der Waals surface area contributed by atoms with Crippen molar-refractivity contribution in [1.82, 2.24) is 4.90 Å². The first-order valence-electron chi connectivity index (χ1n) is 5.79. The summed E-state index contributed by atoms with van der Waals surface area (Å²) in [5, 5.41) is 9.79. The summed E-state index contributed by atoms with van der Waals surface area (Å²) < 4.78 is 10.6. The Morgan fingerprint density at radius 3 is 2.62 bits per heavy atom. The Bertz CT molecular complexity index is 251. The van der Waals surface area contributed by atoms with Crippen molar-refractivity contribution in [1.29, 1.82) is 0 Å². The van der Waals surface area contributed by atoms with Crippen molar-refractivity contribution in [3.63, 3.8) is 0 Å². The number of rotatable bonds is 1. The average Bonchev–Trinajstić information content (AvgIpc) is 2.29. The number of aliphatic hydroxyl groups is 1. The monoisotopic (exact) mass is 229 g/mol. The molecule has 92 valence electrons. The quantitative estimate of drug-likeness (QED) is 0.675. The van der Waals surface area contributed by atoms with Gasteiger partial charge in [0.15, 0.2) is 6.10 Å². The highest BCUT2D eigenvalue weighted by molar-refractivity contribution is 5.81. The third kappa shape index (κ3) is 2.72. The lowest BCUT2D eigenvalue weighted by Gasteiger charge is -2.37. The fraction of sp³-hybridized carbons (Fsp3) is 0.909. The molecule has 1 atom stereocenters. The number of carbonyl (C=O) groups is 1. The van der Waals surface area contributed by atoms with Gasteiger partial charge in [0.2, 0.25) is 0 Å². The van der Waals surface area contributed by atoms with E-state index < -0.39 is 11.7 Å². The van der Waals surface area contributed by atoms with Gasteiger partial charge >= 0.3 is 0 Å². The molecule has 2 saturated heterocycles. The predicted octanol–water partition coefficient (Wildman–Crippen LogP) is -0.225. The largest absolute Gasteiger partial charge is 0.390 e. The van der Waals surface area contributed by atoms with Crippen LogP contribution in [0.15, 0.2) is 0 Å². The van der Waals surface area contributed by atoms with E-state index in [9.17, 15) is 9.90 Å². The minimum Gasteiger partial charge on any atom is -0.390 e. The minimum absolute atomic E-state index is 0.00444. The summed E-state index contributed by atoms with van der Waals surface area (Å²) in [7, 11) is 0. The summed E-state index contributed by atoms with van der Waals surface area (Å²) >= 11 is 0. The molecule has 2 rings (SSSR count). The number of ether oxygens (including phenoxy) is 2.